The minimum Gasteiger partial charge on any atom is -0.508 e. The highest BCUT2D eigenvalue weighted by molar-refractivity contribution is 6.10. The van der Waals surface area contributed by atoms with Crippen molar-refractivity contribution in [1.29, 1.82) is 0 Å². The number of nitrogens with zero attached hydrogens (tertiary/aromatic N) is 1. The number of aromatic hydroxyl groups is 1. The third-order valence-corrected chi connectivity index (χ3v) is 5.10. The SMILES string of the molecule is CC1(C)CC(=O)C2C(=Nc3ccccc3N[C@H]2c2ccccc2O)C1. The van der Waals surface area contributed by atoms with Crippen molar-refractivity contribution in [3.8, 4) is 5.75 Å². The molecule has 2 aliphatic rings. The molecule has 128 valence electrons. The number of aliphatic imine (C=N–C) groups is 1. The van der Waals surface area contributed by atoms with Crippen molar-refractivity contribution >= 4 is 22.9 Å². The maximum atomic E-state index is 13.0. The molecule has 2 aromatic carbocycles. The average molecular weight is 334 g/mol. The predicted octanol–water partition coefficient (Wildman–Crippen LogP) is 4.64. The summed E-state index contributed by atoms with van der Waals surface area (Å²) >= 11 is 0. The van der Waals surface area contributed by atoms with Gasteiger partial charge >= 0.3 is 0 Å². The Morgan fingerprint density at radius 3 is 2.60 bits per heavy atom. The minimum atomic E-state index is -0.353. The van der Waals surface area contributed by atoms with E-state index in [9.17, 15) is 9.90 Å². The van der Waals surface area contributed by atoms with E-state index in [-0.39, 0.29) is 28.9 Å². The molecule has 25 heavy (non-hydrogen) atoms. The molecule has 4 nitrogen and oxygen atoms in total. The van der Waals surface area contributed by atoms with Gasteiger partial charge in [-0.2, -0.15) is 0 Å². The highest BCUT2D eigenvalue weighted by Gasteiger charge is 2.44. The van der Waals surface area contributed by atoms with Gasteiger partial charge in [0.05, 0.1) is 23.3 Å². The summed E-state index contributed by atoms with van der Waals surface area (Å²) in [6.45, 7) is 4.23. The van der Waals surface area contributed by atoms with Gasteiger partial charge in [-0.1, -0.05) is 44.2 Å². The topological polar surface area (TPSA) is 61.7 Å². The van der Waals surface area contributed by atoms with Crippen molar-refractivity contribution < 1.29 is 9.90 Å². The van der Waals surface area contributed by atoms with Crippen LogP contribution < -0.4 is 5.32 Å². The van der Waals surface area contributed by atoms with Crippen LogP contribution in [0.5, 0.6) is 5.75 Å². The minimum absolute atomic E-state index is 0.0883. The Bertz CT molecular complexity index is 870. The molecule has 2 N–H and O–H groups in total. The number of phenols is 1. The van der Waals surface area contributed by atoms with Crippen molar-refractivity contribution in [2.45, 2.75) is 32.7 Å². The van der Waals surface area contributed by atoms with Crippen LogP contribution >= 0.6 is 0 Å². The summed E-state index contributed by atoms with van der Waals surface area (Å²) in [5, 5.41) is 13.9. The van der Waals surface area contributed by atoms with E-state index in [2.05, 4.69) is 19.2 Å². The first kappa shape index (κ1) is 15.9. The molecule has 0 amide bonds. The van der Waals surface area contributed by atoms with Crippen LogP contribution in [0.15, 0.2) is 53.5 Å². The van der Waals surface area contributed by atoms with Gasteiger partial charge in [-0.3, -0.25) is 9.79 Å². The largest absolute Gasteiger partial charge is 0.508 e. The molecule has 4 rings (SSSR count). The zero-order chi connectivity index (χ0) is 17.6. The molecular weight excluding hydrogens is 312 g/mol. The Labute approximate surface area is 147 Å². The van der Waals surface area contributed by atoms with E-state index in [1.54, 1.807) is 12.1 Å². The number of nitrogens with one attached hydrogen (secondary N) is 1. The number of rotatable bonds is 1. The zero-order valence-electron chi connectivity index (χ0n) is 14.5. The maximum Gasteiger partial charge on any atom is 0.144 e. The highest BCUT2D eigenvalue weighted by atomic mass is 16.3. The number of benzene rings is 2. The molecular formula is C21H22N2O2. The first-order valence-electron chi connectivity index (χ1n) is 8.68. The average Bonchev–Trinajstić information content (AvgIpc) is 2.70. The molecule has 1 fully saturated rings. The van der Waals surface area contributed by atoms with Gasteiger partial charge in [0.2, 0.25) is 0 Å². The Morgan fingerprint density at radius 2 is 1.80 bits per heavy atom. The highest BCUT2D eigenvalue weighted by Crippen LogP contribution is 2.46. The lowest BCUT2D eigenvalue weighted by atomic mass is 9.68. The number of carbonyl (C=O) groups is 1. The van der Waals surface area contributed by atoms with Crippen molar-refractivity contribution in [1.82, 2.24) is 0 Å². The van der Waals surface area contributed by atoms with Gasteiger partial charge in [0.15, 0.2) is 0 Å². The van der Waals surface area contributed by atoms with Crippen LogP contribution in [0.1, 0.15) is 38.3 Å². The predicted molar refractivity (Wildman–Crippen MR) is 99.5 cm³/mol. The first-order chi connectivity index (χ1) is 11.9. The zero-order valence-corrected chi connectivity index (χ0v) is 14.5. The number of anilines is 1. The molecule has 1 saturated carbocycles. The van der Waals surface area contributed by atoms with E-state index in [0.717, 1.165) is 29.1 Å². The van der Waals surface area contributed by atoms with E-state index in [1.165, 1.54) is 0 Å². The molecule has 1 aliphatic carbocycles. The van der Waals surface area contributed by atoms with Crippen molar-refractivity contribution in [3.05, 3.63) is 54.1 Å². The second-order valence-corrected chi connectivity index (χ2v) is 7.76. The summed E-state index contributed by atoms with van der Waals surface area (Å²) in [6.07, 6.45) is 1.31. The van der Waals surface area contributed by atoms with E-state index in [0.29, 0.717) is 6.42 Å². The third-order valence-electron chi connectivity index (χ3n) is 5.10. The molecule has 1 unspecified atom stereocenters. The van der Waals surface area contributed by atoms with Crippen molar-refractivity contribution in [2.75, 3.05) is 5.32 Å². The van der Waals surface area contributed by atoms with Crippen LogP contribution in [0.4, 0.5) is 11.4 Å². The van der Waals surface area contributed by atoms with E-state index in [4.69, 9.17) is 4.99 Å². The number of para-hydroxylation sites is 3. The Morgan fingerprint density at radius 1 is 1.08 bits per heavy atom. The third kappa shape index (κ3) is 2.82. The Hall–Kier alpha value is -2.62. The Balaban J connectivity index is 1.89. The van der Waals surface area contributed by atoms with Gasteiger partial charge in [-0.05, 0) is 30.0 Å². The summed E-state index contributed by atoms with van der Waals surface area (Å²) < 4.78 is 0. The number of ketones is 1. The fraction of sp³-hybridized carbons (Fsp3) is 0.333. The van der Waals surface area contributed by atoms with Gasteiger partial charge < -0.3 is 10.4 Å². The van der Waals surface area contributed by atoms with Gasteiger partial charge in [0.1, 0.15) is 11.5 Å². The number of phenolic OH excluding ortho intramolecular Hbond substituents is 1. The summed E-state index contributed by atoms with van der Waals surface area (Å²) in [6, 6.07) is 14.8. The van der Waals surface area contributed by atoms with Gasteiger partial charge in [0.25, 0.3) is 0 Å². The molecule has 0 spiro atoms. The fourth-order valence-electron chi connectivity index (χ4n) is 4.02. The van der Waals surface area contributed by atoms with E-state index < -0.39 is 0 Å². The van der Waals surface area contributed by atoms with E-state index >= 15 is 0 Å². The quantitative estimate of drug-likeness (QED) is 0.799. The molecule has 2 atom stereocenters. The van der Waals surface area contributed by atoms with Crippen LogP contribution in [0.3, 0.4) is 0 Å². The molecule has 4 heteroatoms. The molecule has 0 aromatic heterocycles. The summed E-state index contributed by atoms with van der Waals surface area (Å²) in [5.41, 5.74) is 3.31. The maximum absolute atomic E-state index is 13.0. The van der Waals surface area contributed by atoms with Crippen molar-refractivity contribution in [2.24, 2.45) is 16.3 Å². The van der Waals surface area contributed by atoms with Crippen LogP contribution in [-0.4, -0.2) is 16.6 Å². The number of fused-ring (bicyclic) bond motifs is 2. The second-order valence-electron chi connectivity index (χ2n) is 7.76. The second kappa shape index (κ2) is 5.73. The monoisotopic (exact) mass is 334 g/mol. The summed E-state index contributed by atoms with van der Waals surface area (Å²) in [7, 11) is 0. The van der Waals surface area contributed by atoms with Gasteiger partial charge in [-0.25, -0.2) is 0 Å². The van der Waals surface area contributed by atoms with Crippen LogP contribution in [0, 0.1) is 11.3 Å². The van der Waals surface area contributed by atoms with E-state index in [1.807, 2.05) is 36.4 Å². The lowest BCUT2D eigenvalue weighted by molar-refractivity contribution is -0.124. The van der Waals surface area contributed by atoms with Crippen molar-refractivity contribution in [3.63, 3.8) is 0 Å². The standard InChI is InChI=1S/C21H22N2O2/c1-21(2)11-16-19(18(25)12-21)20(13-7-3-6-10-17(13)24)23-15-9-5-4-8-14(15)22-16/h3-10,19-20,23-24H,11-12H2,1-2H3/t19?,20-/m0/s1. The van der Waals surface area contributed by atoms with Crippen LogP contribution in [0.25, 0.3) is 0 Å². The molecule has 2 aromatic rings. The lowest BCUT2D eigenvalue weighted by Gasteiger charge is -2.37. The first-order valence-corrected chi connectivity index (χ1v) is 8.68. The molecule has 0 saturated heterocycles. The number of hydrogen-bond acceptors (Lipinski definition) is 4. The normalized spacial score (nSPS) is 24.4. The summed E-state index contributed by atoms with van der Waals surface area (Å²) in [5.74, 6) is 0.0358. The lowest BCUT2D eigenvalue weighted by Crippen LogP contribution is -2.42. The molecule has 0 radical (unpaired) electrons. The number of carbonyl (C=O) groups excluding carboxylic acids is 1. The van der Waals surface area contributed by atoms with Gasteiger partial charge in [-0.15, -0.1) is 0 Å². The molecule has 0 bridgehead atoms. The van der Waals surface area contributed by atoms with Crippen LogP contribution in [0.2, 0.25) is 0 Å². The molecule has 1 aliphatic heterocycles. The summed E-state index contributed by atoms with van der Waals surface area (Å²) in [4.78, 5) is 17.9. The number of hydrogen-bond donors (Lipinski definition) is 2. The van der Waals surface area contributed by atoms with Gasteiger partial charge in [0, 0.05) is 17.7 Å². The molecule has 1 heterocycles. The Kier molecular flexibility index (Phi) is 3.64. The fourth-order valence-corrected chi connectivity index (χ4v) is 4.02. The smallest absolute Gasteiger partial charge is 0.144 e. The number of Topliss-reactive ketones (excluding diaryl/α,β-unsaturated/α-hetero) is 1. The van der Waals surface area contributed by atoms with Crippen LogP contribution in [-0.2, 0) is 4.79 Å².